The quantitative estimate of drug-likeness (QED) is 0.177. The average Bonchev–Trinajstić information content (AvgIpc) is 2.97. The third kappa shape index (κ3) is 7.93. The number of nitrogen functional groups attached to an aromatic ring is 1. The lowest BCUT2D eigenvalue weighted by Crippen LogP contribution is -2.29. The molecule has 0 spiro atoms. The summed E-state index contributed by atoms with van der Waals surface area (Å²) in [5.74, 6) is -0.0706. The summed E-state index contributed by atoms with van der Waals surface area (Å²) in [6, 6.07) is 0. The largest absolute Gasteiger partial charge is 0.490 e. The first-order valence-electron chi connectivity index (χ1n) is 8.49. The van der Waals surface area contributed by atoms with Crippen molar-refractivity contribution < 1.29 is 56.3 Å². The minimum Gasteiger partial charge on any atom is -0.390 e. The van der Waals surface area contributed by atoms with Gasteiger partial charge in [0.2, 0.25) is 0 Å². The fourth-order valence-corrected chi connectivity index (χ4v) is 5.56. The van der Waals surface area contributed by atoms with Gasteiger partial charge in [0.25, 0.3) is 0 Å². The maximum absolute atomic E-state index is 12.1. The Kier molecular flexibility index (Phi) is 8.70. The van der Waals surface area contributed by atoms with Crippen LogP contribution >= 0.6 is 23.5 Å². The van der Waals surface area contributed by atoms with E-state index in [1.54, 1.807) is 6.08 Å². The molecule has 32 heavy (non-hydrogen) atoms. The van der Waals surface area contributed by atoms with Crippen LogP contribution in [0.5, 0.6) is 0 Å². The maximum Gasteiger partial charge on any atom is 0.490 e. The number of aliphatic hydroxyl groups excluding tert-OH is 1. The van der Waals surface area contributed by atoms with Crippen LogP contribution in [0.4, 0.5) is 5.82 Å². The summed E-state index contributed by atoms with van der Waals surface area (Å²) >= 11 is 0. The van der Waals surface area contributed by atoms with E-state index in [1.165, 1.54) is 12.3 Å². The van der Waals surface area contributed by atoms with E-state index in [0.717, 1.165) is 4.57 Å². The molecule has 1 aromatic rings. The molecule has 182 valence electrons. The number of aliphatic hydroxyl groups is 1. The number of phosphoric acid groups is 3. The molecule has 0 saturated carbocycles. The van der Waals surface area contributed by atoms with Crippen molar-refractivity contribution in [2.75, 3.05) is 18.9 Å². The lowest BCUT2D eigenvalue weighted by atomic mass is 10.2. The molecule has 1 aromatic heterocycles. The average molecular weight is 522 g/mol. The highest BCUT2D eigenvalue weighted by Gasteiger charge is 2.43. The number of hydrogen-bond donors (Lipinski definition) is 7. The molecular formula is C12H21N4O13P3. The first-order valence-corrected chi connectivity index (χ1v) is 13.0. The second kappa shape index (κ2) is 10.3. The van der Waals surface area contributed by atoms with E-state index < -0.39 is 54.2 Å². The molecule has 1 aliphatic rings. The molecule has 0 aliphatic carbocycles. The Morgan fingerprint density at radius 2 is 1.88 bits per heavy atom. The second-order valence-corrected chi connectivity index (χ2v) is 10.6. The molecule has 0 amide bonds. The van der Waals surface area contributed by atoms with E-state index in [2.05, 4.69) is 18.1 Å². The van der Waals surface area contributed by atoms with Gasteiger partial charge >= 0.3 is 29.2 Å². The van der Waals surface area contributed by atoms with Crippen LogP contribution < -0.4 is 17.2 Å². The van der Waals surface area contributed by atoms with E-state index in [0.29, 0.717) is 5.56 Å². The van der Waals surface area contributed by atoms with Crippen LogP contribution in [0, 0.1) is 0 Å². The van der Waals surface area contributed by atoms with Crippen LogP contribution in [0.1, 0.15) is 18.2 Å². The zero-order valence-electron chi connectivity index (χ0n) is 16.0. The van der Waals surface area contributed by atoms with Crippen molar-refractivity contribution in [3.63, 3.8) is 0 Å². The zero-order chi connectivity index (χ0) is 24.3. The molecule has 20 heteroatoms. The van der Waals surface area contributed by atoms with Gasteiger partial charge in [0.15, 0.2) is 0 Å². The standard InChI is InChI=1S/C12H21N4O13P3/c13-3-1-2-7-5-16(12(18)15-11(7)14)10-4-8(17)9(27-10)6-26-31(22,23)29-32(24,25)28-30(19,20)21/h1-2,5,8-10,17H,3-4,6,13H2,(H,22,23)(H,24,25)(H2,14,15,18)(H2,19,20,21)/b2-1+/t8?,9-,10-/m1/s1. The smallest absolute Gasteiger partial charge is 0.390 e. The second-order valence-electron chi connectivity index (χ2n) is 6.23. The maximum atomic E-state index is 12.1. The molecule has 0 aromatic carbocycles. The predicted octanol–water partition coefficient (Wildman–Crippen LogP) is -1.21. The number of nitrogens with two attached hydrogens (primary N) is 2. The van der Waals surface area contributed by atoms with Gasteiger partial charge in [-0.1, -0.05) is 12.2 Å². The van der Waals surface area contributed by atoms with Crippen LogP contribution in [0.25, 0.3) is 6.08 Å². The Bertz CT molecular complexity index is 1060. The van der Waals surface area contributed by atoms with Crippen molar-refractivity contribution in [1.29, 1.82) is 0 Å². The topological polar surface area (TPSA) is 276 Å². The fraction of sp³-hybridized carbons (Fsp3) is 0.500. The molecule has 0 radical (unpaired) electrons. The van der Waals surface area contributed by atoms with Gasteiger partial charge in [0.1, 0.15) is 18.1 Å². The lowest BCUT2D eigenvalue weighted by molar-refractivity contribution is -0.0449. The SMILES string of the molecule is NC/C=C/c1cn([C@H]2CC(O)[C@@H](COP(=O)(O)OP(=O)(O)OP(=O)(O)O)O2)c(=O)nc1N. The normalized spacial score (nSPS) is 25.6. The van der Waals surface area contributed by atoms with Crippen molar-refractivity contribution >= 4 is 35.4 Å². The Hall–Kier alpha value is -1.29. The number of nitrogens with zero attached hydrogens (tertiary/aromatic N) is 2. The number of hydrogen-bond acceptors (Lipinski definition) is 12. The Labute approximate surface area is 179 Å². The third-order valence-electron chi connectivity index (χ3n) is 3.78. The molecule has 1 fully saturated rings. The molecule has 9 N–H and O–H groups in total. The Morgan fingerprint density at radius 3 is 2.47 bits per heavy atom. The molecule has 17 nitrogen and oxygen atoms in total. The summed E-state index contributed by atoms with van der Waals surface area (Å²) in [6.45, 7) is -0.682. The number of ether oxygens (including phenoxy) is 1. The van der Waals surface area contributed by atoms with Crippen molar-refractivity contribution in [2.45, 2.75) is 24.9 Å². The van der Waals surface area contributed by atoms with E-state index in [-0.39, 0.29) is 18.8 Å². The van der Waals surface area contributed by atoms with Gasteiger partial charge in [-0.15, -0.1) is 0 Å². The minimum absolute atomic E-state index is 0.0706. The number of anilines is 1. The van der Waals surface area contributed by atoms with E-state index >= 15 is 0 Å². The van der Waals surface area contributed by atoms with Gasteiger partial charge in [-0.25, -0.2) is 18.5 Å². The van der Waals surface area contributed by atoms with Gasteiger partial charge < -0.3 is 40.9 Å². The van der Waals surface area contributed by atoms with Gasteiger partial charge in [-0.2, -0.15) is 13.6 Å². The van der Waals surface area contributed by atoms with Crippen LogP contribution in [-0.4, -0.2) is 59.6 Å². The highest BCUT2D eigenvalue weighted by atomic mass is 31.3. The molecule has 0 bridgehead atoms. The summed E-state index contributed by atoms with van der Waals surface area (Å²) in [4.78, 5) is 51.4. The number of rotatable bonds is 10. The van der Waals surface area contributed by atoms with Gasteiger partial charge in [0, 0.05) is 24.7 Å². The summed E-state index contributed by atoms with van der Waals surface area (Å²) < 4.78 is 51.7. The minimum atomic E-state index is -5.68. The van der Waals surface area contributed by atoms with Crippen molar-refractivity contribution in [1.82, 2.24) is 9.55 Å². The van der Waals surface area contributed by atoms with Crippen LogP contribution in [0.15, 0.2) is 17.1 Å². The van der Waals surface area contributed by atoms with Crippen LogP contribution in [0.3, 0.4) is 0 Å². The molecule has 2 rings (SSSR count). The van der Waals surface area contributed by atoms with Gasteiger partial charge in [0.05, 0.1) is 12.7 Å². The highest BCUT2D eigenvalue weighted by molar-refractivity contribution is 7.66. The highest BCUT2D eigenvalue weighted by Crippen LogP contribution is 2.66. The summed E-state index contributed by atoms with van der Waals surface area (Å²) in [7, 11) is -16.6. The van der Waals surface area contributed by atoms with Gasteiger partial charge in [-0.05, 0) is 0 Å². The Morgan fingerprint density at radius 1 is 1.22 bits per heavy atom. The van der Waals surface area contributed by atoms with Gasteiger partial charge in [-0.3, -0.25) is 9.09 Å². The summed E-state index contributed by atoms with van der Waals surface area (Å²) in [5, 5.41) is 10.1. The molecule has 3 unspecified atom stereocenters. The van der Waals surface area contributed by atoms with Crippen LogP contribution in [-0.2, 0) is 31.6 Å². The lowest BCUT2D eigenvalue weighted by Gasteiger charge is -2.19. The molecule has 1 aliphatic heterocycles. The van der Waals surface area contributed by atoms with E-state index in [4.69, 9.17) is 30.9 Å². The Balaban J connectivity index is 2.07. The van der Waals surface area contributed by atoms with Crippen LogP contribution in [0.2, 0.25) is 0 Å². The third-order valence-corrected chi connectivity index (χ3v) is 7.58. The molecule has 5 atom stereocenters. The summed E-state index contributed by atoms with van der Waals surface area (Å²) in [5.41, 5.74) is 10.6. The molecule has 1 saturated heterocycles. The van der Waals surface area contributed by atoms with Crippen molar-refractivity contribution in [3.8, 4) is 0 Å². The van der Waals surface area contributed by atoms with E-state index in [1.807, 2.05) is 0 Å². The predicted molar refractivity (Wildman–Crippen MR) is 105 cm³/mol. The monoisotopic (exact) mass is 522 g/mol. The summed E-state index contributed by atoms with van der Waals surface area (Å²) in [6.07, 6.45) is 0.492. The fourth-order valence-electron chi connectivity index (χ4n) is 2.53. The van der Waals surface area contributed by atoms with Crippen molar-refractivity contribution in [3.05, 3.63) is 28.3 Å². The number of aromatic nitrogens is 2. The molecule has 2 heterocycles. The zero-order valence-corrected chi connectivity index (χ0v) is 18.7. The molecular weight excluding hydrogens is 501 g/mol. The number of phosphoric ester groups is 1. The first kappa shape index (κ1) is 27.0. The first-order chi connectivity index (χ1) is 14.6. The van der Waals surface area contributed by atoms with Crippen molar-refractivity contribution in [2.24, 2.45) is 5.73 Å². The van der Waals surface area contributed by atoms with E-state index in [9.17, 15) is 28.5 Å².